The zero-order valence-corrected chi connectivity index (χ0v) is 10.5. The highest BCUT2D eigenvalue weighted by atomic mass is 35.5. The number of fused-ring (bicyclic) bond motifs is 1. The van der Waals surface area contributed by atoms with Crippen LogP contribution in [-0.4, -0.2) is 15.0 Å². The Morgan fingerprint density at radius 1 is 1.22 bits per heavy atom. The SMILES string of the molecule is Cc1c(Cl)cccc1Nc1ncnc2[nH]ccc12. The van der Waals surface area contributed by atoms with Crippen LogP contribution in [0.2, 0.25) is 5.02 Å². The van der Waals surface area contributed by atoms with Crippen LogP contribution in [-0.2, 0) is 0 Å². The average Bonchev–Trinajstić information content (AvgIpc) is 2.84. The van der Waals surface area contributed by atoms with Crippen LogP contribution in [0.15, 0.2) is 36.8 Å². The summed E-state index contributed by atoms with van der Waals surface area (Å²) < 4.78 is 0. The molecule has 0 bridgehead atoms. The lowest BCUT2D eigenvalue weighted by atomic mass is 10.2. The number of halogens is 1. The number of benzene rings is 1. The zero-order chi connectivity index (χ0) is 12.5. The van der Waals surface area contributed by atoms with E-state index in [0.717, 1.165) is 33.1 Å². The third-order valence-electron chi connectivity index (χ3n) is 2.87. The van der Waals surface area contributed by atoms with Crippen LogP contribution in [0.25, 0.3) is 11.0 Å². The van der Waals surface area contributed by atoms with Gasteiger partial charge >= 0.3 is 0 Å². The first-order valence-electron chi connectivity index (χ1n) is 5.56. The molecule has 0 radical (unpaired) electrons. The summed E-state index contributed by atoms with van der Waals surface area (Å²) in [7, 11) is 0. The monoisotopic (exact) mass is 258 g/mol. The molecule has 0 saturated heterocycles. The van der Waals surface area contributed by atoms with Gasteiger partial charge in [-0.1, -0.05) is 17.7 Å². The van der Waals surface area contributed by atoms with Crippen molar-refractivity contribution in [2.45, 2.75) is 6.92 Å². The van der Waals surface area contributed by atoms with Gasteiger partial charge in [0.25, 0.3) is 0 Å². The Morgan fingerprint density at radius 2 is 2.11 bits per heavy atom. The Balaban J connectivity index is 2.06. The first kappa shape index (κ1) is 11.0. The molecule has 0 aliphatic rings. The smallest absolute Gasteiger partial charge is 0.143 e. The predicted molar refractivity (Wildman–Crippen MR) is 73.4 cm³/mol. The highest BCUT2D eigenvalue weighted by Gasteiger charge is 2.07. The molecule has 3 rings (SSSR count). The molecular weight excluding hydrogens is 248 g/mol. The number of aromatic nitrogens is 3. The Labute approximate surface area is 109 Å². The van der Waals surface area contributed by atoms with E-state index in [0.29, 0.717) is 0 Å². The Kier molecular flexibility index (Phi) is 2.64. The van der Waals surface area contributed by atoms with Crippen molar-refractivity contribution in [1.29, 1.82) is 0 Å². The van der Waals surface area contributed by atoms with E-state index in [1.807, 2.05) is 37.4 Å². The van der Waals surface area contributed by atoms with Crippen LogP contribution in [0.5, 0.6) is 0 Å². The van der Waals surface area contributed by atoms with Gasteiger partial charge in [0.05, 0.1) is 5.39 Å². The fourth-order valence-corrected chi connectivity index (χ4v) is 2.02. The number of nitrogens with one attached hydrogen (secondary N) is 2. The van der Waals surface area contributed by atoms with E-state index in [2.05, 4.69) is 20.3 Å². The second-order valence-electron chi connectivity index (χ2n) is 4.00. The van der Waals surface area contributed by atoms with E-state index in [1.165, 1.54) is 6.33 Å². The van der Waals surface area contributed by atoms with E-state index in [-0.39, 0.29) is 0 Å². The first-order chi connectivity index (χ1) is 8.75. The summed E-state index contributed by atoms with van der Waals surface area (Å²) in [6.45, 7) is 1.97. The van der Waals surface area contributed by atoms with Gasteiger partial charge in [0, 0.05) is 16.9 Å². The zero-order valence-electron chi connectivity index (χ0n) is 9.74. The van der Waals surface area contributed by atoms with E-state index in [1.54, 1.807) is 0 Å². The molecule has 4 nitrogen and oxygen atoms in total. The van der Waals surface area contributed by atoms with Crippen LogP contribution < -0.4 is 5.32 Å². The molecule has 0 fully saturated rings. The molecule has 90 valence electrons. The number of hydrogen-bond acceptors (Lipinski definition) is 3. The van der Waals surface area contributed by atoms with E-state index >= 15 is 0 Å². The van der Waals surface area contributed by atoms with Gasteiger partial charge in [-0.15, -0.1) is 0 Å². The quantitative estimate of drug-likeness (QED) is 0.737. The molecule has 3 aromatic rings. The van der Waals surface area contributed by atoms with Crippen molar-refractivity contribution in [1.82, 2.24) is 15.0 Å². The maximum absolute atomic E-state index is 6.10. The van der Waals surface area contributed by atoms with Gasteiger partial charge < -0.3 is 10.3 Å². The third kappa shape index (κ3) is 1.80. The minimum Gasteiger partial charge on any atom is -0.346 e. The molecule has 0 spiro atoms. The van der Waals surface area contributed by atoms with Gasteiger partial charge in [-0.3, -0.25) is 0 Å². The highest BCUT2D eigenvalue weighted by molar-refractivity contribution is 6.31. The van der Waals surface area contributed by atoms with Gasteiger partial charge in [0.2, 0.25) is 0 Å². The van der Waals surface area contributed by atoms with Crippen LogP contribution in [0.1, 0.15) is 5.56 Å². The lowest BCUT2D eigenvalue weighted by Gasteiger charge is -2.10. The van der Waals surface area contributed by atoms with Gasteiger partial charge in [-0.2, -0.15) is 0 Å². The number of anilines is 2. The lowest BCUT2D eigenvalue weighted by molar-refractivity contribution is 1.20. The number of hydrogen-bond donors (Lipinski definition) is 2. The molecule has 0 aliphatic carbocycles. The molecule has 0 atom stereocenters. The van der Waals surface area contributed by atoms with Crippen molar-refractivity contribution in [3.8, 4) is 0 Å². The average molecular weight is 259 g/mol. The molecule has 0 unspecified atom stereocenters. The number of rotatable bonds is 2. The van der Waals surface area contributed by atoms with E-state index in [9.17, 15) is 0 Å². The summed E-state index contributed by atoms with van der Waals surface area (Å²) in [5.74, 6) is 0.770. The Bertz CT molecular complexity index is 705. The number of nitrogens with zero attached hydrogens (tertiary/aromatic N) is 2. The van der Waals surface area contributed by atoms with Crippen molar-refractivity contribution >= 4 is 34.1 Å². The molecule has 0 aliphatic heterocycles. The summed E-state index contributed by atoms with van der Waals surface area (Å²) in [4.78, 5) is 11.5. The van der Waals surface area contributed by atoms with Gasteiger partial charge in [0.15, 0.2) is 0 Å². The van der Waals surface area contributed by atoms with Crippen molar-refractivity contribution < 1.29 is 0 Å². The van der Waals surface area contributed by atoms with E-state index in [4.69, 9.17) is 11.6 Å². The fraction of sp³-hybridized carbons (Fsp3) is 0.0769. The van der Waals surface area contributed by atoms with Crippen molar-refractivity contribution in [2.24, 2.45) is 0 Å². The van der Waals surface area contributed by atoms with Crippen molar-refractivity contribution in [2.75, 3.05) is 5.32 Å². The maximum Gasteiger partial charge on any atom is 0.143 e. The molecule has 18 heavy (non-hydrogen) atoms. The fourth-order valence-electron chi connectivity index (χ4n) is 1.84. The van der Waals surface area contributed by atoms with Crippen LogP contribution in [0.4, 0.5) is 11.5 Å². The molecule has 5 heteroatoms. The molecular formula is C13H11ClN4. The maximum atomic E-state index is 6.10. The summed E-state index contributed by atoms with van der Waals surface area (Å²) >= 11 is 6.10. The molecule has 0 amide bonds. The summed E-state index contributed by atoms with van der Waals surface area (Å²) in [5, 5.41) is 4.98. The summed E-state index contributed by atoms with van der Waals surface area (Å²) in [5.41, 5.74) is 2.76. The molecule has 0 saturated carbocycles. The minimum atomic E-state index is 0.736. The molecule has 2 heterocycles. The molecule has 1 aromatic carbocycles. The lowest BCUT2D eigenvalue weighted by Crippen LogP contribution is -1.97. The Morgan fingerprint density at radius 3 is 3.00 bits per heavy atom. The summed E-state index contributed by atoms with van der Waals surface area (Å²) in [6.07, 6.45) is 3.37. The number of aromatic amines is 1. The van der Waals surface area contributed by atoms with Crippen molar-refractivity contribution in [3.05, 3.63) is 47.4 Å². The van der Waals surface area contributed by atoms with Crippen LogP contribution in [0, 0.1) is 6.92 Å². The standard InChI is InChI=1S/C13H11ClN4/c1-8-10(14)3-2-4-11(8)18-13-9-5-6-15-12(9)16-7-17-13/h2-7H,1H3,(H2,15,16,17,18). The van der Waals surface area contributed by atoms with Crippen LogP contribution >= 0.6 is 11.6 Å². The minimum absolute atomic E-state index is 0.736. The van der Waals surface area contributed by atoms with Gasteiger partial charge in [-0.25, -0.2) is 9.97 Å². The second-order valence-corrected chi connectivity index (χ2v) is 4.41. The number of H-pyrrole nitrogens is 1. The normalized spacial score (nSPS) is 10.8. The third-order valence-corrected chi connectivity index (χ3v) is 3.28. The molecule has 2 N–H and O–H groups in total. The van der Waals surface area contributed by atoms with E-state index < -0.39 is 0 Å². The molecule has 2 aromatic heterocycles. The van der Waals surface area contributed by atoms with Gasteiger partial charge in [0.1, 0.15) is 17.8 Å². The first-order valence-corrected chi connectivity index (χ1v) is 5.94. The largest absolute Gasteiger partial charge is 0.346 e. The van der Waals surface area contributed by atoms with Gasteiger partial charge in [-0.05, 0) is 30.7 Å². The topological polar surface area (TPSA) is 53.6 Å². The predicted octanol–water partition coefficient (Wildman–Crippen LogP) is 3.66. The second kappa shape index (κ2) is 4.31. The summed E-state index contributed by atoms with van der Waals surface area (Å²) in [6, 6.07) is 7.69. The highest BCUT2D eigenvalue weighted by Crippen LogP contribution is 2.27. The Hall–Kier alpha value is -2.07. The van der Waals surface area contributed by atoms with Crippen molar-refractivity contribution in [3.63, 3.8) is 0 Å². The van der Waals surface area contributed by atoms with Crippen LogP contribution in [0.3, 0.4) is 0 Å².